The molecular weight excluding hydrogens is 290 g/mol. The molecule has 1 aromatic carbocycles. The van der Waals surface area contributed by atoms with E-state index in [9.17, 15) is 8.42 Å². The largest absolute Gasteiger partial charge is 0.329 e. The number of benzene rings is 1. The normalized spacial score (nSPS) is 11.7. The highest BCUT2D eigenvalue weighted by Crippen LogP contribution is 2.10. The molecule has 0 spiro atoms. The summed E-state index contributed by atoms with van der Waals surface area (Å²) in [7, 11) is -3.14. The predicted molar refractivity (Wildman–Crippen MR) is 79.2 cm³/mol. The molecule has 1 aromatic heterocycles. The van der Waals surface area contributed by atoms with Crippen molar-refractivity contribution in [2.45, 2.75) is 24.5 Å². The molecule has 8 heteroatoms. The van der Waals surface area contributed by atoms with Crippen LogP contribution in [-0.4, -0.2) is 36.2 Å². The molecule has 0 radical (unpaired) electrons. The molecule has 114 valence electrons. The molecule has 2 aromatic rings. The van der Waals surface area contributed by atoms with Crippen molar-refractivity contribution in [3.8, 4) is 0 Å². The van der Waals surface area contributed by atoms with E-state index in [1.165, 1.54) is 6.26 Å². The lowest BCUT2D eigenvalue weighted by atomic mass is 10.2. The molecule has 0 saturated heterocycles. The van der Waals surface area contributed by atoms with Gasteiger partial charge in [0.1, 0.15) is 0 Å². The van der Waals surface area contributed by atoms with Gasteiger partial charge in [0.25, 0.3) is 0 Å². The van der Waals surface area contributed by atoms with Gasteiger partial charge in [0.2, 0.25) is 0 Å². The number of hydrogen-bond donors (Lipinski definition) is 2. The zero-order valence-corrected chi connectivity index (χ0v) is 12.7. The number of hydrogen-bond acceptors (Lipinski definition) is 6. The summed E-state index contributed by atoms with van der Waals surface area (Å²) in [4.78, 5) is 0.330. The van der Waals surface area contributed by atoms with Crippen LogP contribution >= 0.6 is 0 Å². The Labute approximate surface area is 124 Å². The maximum atomic E-state index is 11.4. The van der Waals surface area contributed by atoms with E-state index >= 15 is 0 Å². The topological polar surface area (TPSA) is 103 Å². The van der Waals surface area contributed by atoms with Gasteiger partial charge in [-0.05, 0) is 17.7 Å². The number of sulfone groups is 1. The van der Waals surface area contributed by atoms with E-state index in [4.69, 9.17) is 5.73 Å². The highest BCUT2D eigenvalue weighted by atomic mass is 32.2. The highest BCUT2D eigenvalue weighted by Gasteiger charge is 2.06. The summed E-state index contributed by atoms with van der Waals surface area (Å²) in [6, 6.07) is 6.83. The summed E-state index contributed by atoms with van der Waals surface area (Å²) in [6.07, 6.45) is 3.05. The van der Waals surface area contributed by atoms with E-state index in [1.807, 2.05) is 6.20 Å². The van der Waals surface area contributed by atoms with Gasteiger partial charge in [0.15, 0.2) is 9.84 Å². The SMILES string of the molecule is CS(=O)(=O)c1ccc(CNCc2cn(CCN)nn2)cc1. The fraction of sp³-hybridized carbons (Fsp3) is 0.385. The van der Waals surface area contributed by atoms with Crippen LogP contribution in [0.2, 0.25) is 0 Å². The number of nitrogens with zero attached hydrogens (tertiary/aromatic N) is 3. The zero-order chi connectivity index (χ0) is 15.3. The maximum absolute atomic E-state index is 11.4. The Morgan fingerprint density at radius 2 is 1.95 bits per heavy atom. The van der Waals surface area contributed by atoms with Gasteiger partial charge in [-0.2, -0.15) is 0 Å². The summed E-state index contributed by atoms with van der Waals surface area (Å²) in [5.41, 5.74) is 7.30. The van der Waals surface area contributed by atoms with Crippen molar-refractivity contribution in [2.24, 2.45) is 5.73 Å². The van der Waals surface area contributed by atoms with Crippen LogP contribution in [0.15, 0.2) is 35.4 Å². The van der Waals surface area contributed by atoms with Gasteiger partial charge in [-0.25, -0.2) is 8.42 Å². The van der Waals surface area contributed by atoms with Gasteiger partial charge < -0.3 is 11.1 Å². The molecule has 0 atom stereocenters. The Morgan fingerprint density at radius 3 is 2.57 bits per heavy atom. The summed E-state index contributed by atoms with van der Waals surface area (Å²) in [5, 5.41) is 11.2. The van der Waals surface area contributed by atoms with Crippen molar-refractivity contribution < 1.29 is 8.42 Å². The van der Waals surface area contributed by atoms with Gasteiger partial charge >= 0.3 is 0 Å². The molecule has 0 saturated carbocycles. The van der Waals surface area contributed by atoms with Gasteiger partial charge in [-0.3, -0.25) is 4.68 Å². The molecule has 2 rings (SSSR count). The van der Waals surface area contributed by atoms with Crippen LogP contribution < -0.4 is 11.1 Å². The Hall–Kier alpha value is -1.77. The highest BCUT2D eigenvalue weighted by molar-refractivity contribution is 7.90. The average molecular weight is 309 g/mol. The molecule has 0 aliphatic heterocycles. The predicted octanol–water partition coefficient (Wildman–Crippen LogP) is -0.0699. The third-order valence-corrected chi connectivity index (χ3v) is 4.06. The van der Waals surface area contributed by atoms with E-state index < -0.39 is 9.84 Å². The van der Waals surface area contributed by atoms with Crippen LogP contribution in [0.1, 0.15) is 11.3 Å². The van der Waals surface area contributed by atoms with Crippen molar-refractivity contribution in [3.05, 3.63) is 41.7 Å². The Balaban J connectivity index is 1.85. The van der Waals surface area contributed by atoms with Crippen molar-refractivity contribution in [1.29, 1.82) is 0 Å². The second-order valence-electron chi connectivity index (χ2n) is 4.78. The standard InChI is InChI=1S/C13H19N5O2S/c1-21(19,20)13-4-2-11(3-5-13)8-15-9-12-10-18(7-6-14)17-16-12/h2-5,10,15H,6-9,14H2,1H3. The van der Waals surface area contributed by atoms with Crippen LogP contribution in [0.3, 0.4) is 0 Å². The van der Waals surface area contributed by atoms with Crippen LogP contribution in [0.5, 0.6) is 0 Å². The molecule has 0 bridgehead atoms. The van der Waals surface area contributed by atoms with E-state index in [2.05, 4.69) is 15.6 Å². The lowest BCUT2D eigenvalue weighted by Gasteiger charge is -2.04. The van der Waals surface area contributed by atoms with E-state index in [0.717, 1.165) is 11.3 Å². The quantitative estimate of drug-likeness (QED) is 0.742. The van der Waals surface area contributed by atoms with Gasteiger partial charge in [0.05, 0.1) is 17.1 Å². The van der Waals surface area contributed by atoms with E-state index in [0.29, 0.717) is 31.1 Å². The molecule has 0 unspecified atom stereocenters. The summed E-state index contributed by atoms with van der Waals surface area (Å²) in [5.74, 6) is 0. The summed E-state index contributed by atoms with van der Waals surface area (Å²) in [6.45, 7) is 2.41. The molecule has 7 nitrogen and oxygen atoms in total. The van der Waals surface area contributed by atoms with Crippen molar-refractivity contribution in [3.63, 3.8) is 0 Å². The van der Waals surface area contributed by atoms with Gasteiger partial charge in [0, 0.05) is 32.1 Å². The van der Waals surface area contributed by atoms with Crippen LogP contribution in [0, 0.1) is 0 Å². The summed E-state index contributed by atoms with van der Waals surface area (Å²) >= 11 is 0. The lowest BCUT2D eigenvalue weighted by molar-refractivity contribution is 0.598. The van der Waals surface area contributed by atoms with Crippen LogP contribution in [-0.2, 0) is 29.5 Å². The van der Waals surface area contributed by atoms with Crippen molar-refractivity contribution in [1.82, 2.24) is 20.3 Å². The molecule has 0 fully saturated rings. The first-order chi connectivity index (χ1) is 9.99. The van der Waals surface area contributed by atoms with Crippen LogP contribution in [0.4, 0.5) is 0 Å². The van der Waals surface area contributed by atoms with Crippen molar-refractivity contribution >= 4 is 9.84 Å². The van der Waals surface area contributed by atoms with Gasteiger partial charge in [-0.1, -0.05) is 17.3 Å². The number of nitrogens with two attached hydrogens (primary N) is 1. The molecular formula is C13H19N5O2S. The first-order valence-electron chi connectivity index (χ1n) is 6.58. The molecule has 3 N–H and O–H groups in total. The summed E-state index contributed by atoms with van der Waals surface area (Å²) < 4.78 is 24.4. The minimum Gasteiger partial charge on any atom is -0.329 e. The number of aromatic nitrogens is 3. The molecule has 0 amide bonds. The molecule has 21 heavy (non-hydrogen) atoms. The van der Waals surface area contributed by atoms with Crippen molar-refractivity contribution in [2.75, 3.05) is 12.8 Å². The minimum atomic E-state index is -3.14. The first kappa shape index (κ1) is 15.6. The minimum absolute atomic E-state index is 0.330. The van der Waals surface area contributed by atoms with Gasteiger partial charge in [-0.15, -0.1) is 5.10 Å². The Morgan fingerprint density at radius 1 is 1.24 bits per heavy atom. The monoisotopic (exact) mass is 309 g/mol. The maximum Gasteiger partial charge on any atom is 0.175 e. The number of nitrogens with one attached hydrogen (secondary N) is 1. The fourth-order valence-electron chi connectivity index (χ4n) is 1.85. The molecule has 0 aliphatic carbocycles. The molecule has 1 heterocycles. The zero-order valence-electron chi connectivity index (χ0n) is 11.9. The molecule has 0 aliphatic rings. The fourth-order valence-corrected chi connectivity index (χ4v) is 2.48. The third kappa shape index (κ3) is 4.62. The second-order valence-corrected chi connectivity index (χ2v) is 6.80. The third-order valence-electron chi connectivity index (χ3n) is 2.93. The average Bonchev–Trinajstić information content (AvgIpc) is 2.86. The first-order valence-corrected chi connectivity index (χ1v) is 8.47. The van der Waals surface area contributed by atoms with E-state index in [-0.39, 0.29) is 0 Å². The van der Waals surface area contributed by atoms with Crippen LogP contribution in [0.25, 0.3) is 0 Å². The Kier molecular flexibility index (Phi) is 5.05. The number of rotatable bonds is 7. The second kappa shape index (κ2) is 6.79. The smallest absolute Gasteiger partial charge is 0.175 e. The van der Waals surface area contributed by atoms with E-state index in [1.54, 1.807) is 28.9 Å². The Bertz CT molecular complexity index is 679. The lowest BCUT2D eigenvalue weighted by Crippen LogP contribution is -2.13.